The zero-order chi connectivity index (χ0) is 12.3. The van der Waals surface area contributed by atoms with Crippen LogP contribution >= 0.6 is 0 Å². The molecule has 0 N–H and O–H groups in total. The van der Waals surface area contributed by atoms with Gasteiger partial charge in [0.15, 0.2) is 0 Å². The highest BCUT2D eigenvalue weighted by Gasteiger charge is 2.15. The first kappa shape index (κ1) is 12.8. The molecule has 1 aromatic carbocycles. The lowest BCUT2D eigenvalue weighted by Crippen LogP contribution is -2.20. The lowest BCUT2D eigenvalue weighted by Gasteiger charge is -2.21. The maximum Gasteiger partial charge on any atom is 0.0963 e. The molecule has 0 amide bonds. The second kappa shape index (κ2) is 4.69. The van der Waals surface area contributed by atoms with Gasteiger partial charge in [-0.1, -0.05) is 19.9 Å². The fourth-order valence-electron chi connectivity index (χ4n) is 1.65. The minimum absolute atomic E-state index is 0.0997. The standard InChI is InChI=1S/C12H16N2.C2H6/c1-9-5-6-10-11(7-9)14(8-13-10)12(2,3)4;1-2/h5-8H,1-4H3;1-2H3. The number of rotatable bonds is 0. The molecule has 0 radical (unpaired) electrons. The van der Waals surface area contributed by atoms with Crippen LogP contribution < -0.4 is 0 Å². The SMILES string of the molecule is CC.Cc1ccc2ncn(C(C)(C)C)c2c1. The van der Waals surface area contributed by atoms with E-state index in [0.29, 0.717) is 0 Å². The maximum atomic E-state index is 4.39. The summed E-state index contributed by atoms with van der Waals surface area (Å²) in [7, 11) is 0. The predicted octanol–water partition coefficient (Wildman–Crippen LogP) is 4.13. The van der Waals surface area contributed by atoms with Crippen LogP contribution in [0.1, 0.15) is 40.2 Å². The summed E-state index contributed by atoms with van der Waals surface area (Å²) in [6.07, 6.45) is 1.92. The first-order valence-corrected chi connectivity index (χ1v) is 5.93. The molecule has 0 spiro atoms. The van der Waals surface area contributed by atoms with Crippen molar-refractivity contribution in [2.45, 2.75) is 47.1 Å². The van der Waals surface area contributed by atoms with Gasteiger partial charge in [-0.15, -0.1) is 0 Å². The molecule has 16 heavy (non-hydrogen) atoms. The first-order valence-electron chi connectivity index (χ1n) is 5.93. The Bertz CT molecular complexity index is 461. The molecule has 0 aliphatic heterocycles. The summed E-state index contributed by atoms with van der Waals surface area (Å²) in [6, 6.07) is 6.36. The number of hydrogen-bond donors (Lipinski definition) is 0. The summed E-state index contributed by atoms with van der Waals surface area (Å²) in [5, 5.41) is 0. The van der Waals surface area contributed by atoms with Gasteiger partial charge in [0.1, 0.15) is 0 Å². The third kappa shape index (κ3) is 2.43. The van der Waals surface area contributed by atoms with Gasteiger partial charge in [-0.25, -0.2) is 4.98 Å². The number of imidazole rings is 1. The van der Waals surface area contributed by atoms with Gasteiger partial charge in [0, 0.05) is 5.54 Å². The van der Waals surface area contributed by atoms with Gasteiger partial charge in [0.05, 0.1) is 17.4 Å². The van der Waals surface area contributed by atoms with Gasteiger partial charge in [-0.2, -0.15) is 0 Å². The van der Waals surface area contributed by atoms with Gasteiger partial charge in [0.25, 0.3) is 0 Å². The van der Waals surface area contributed by atoms with E-state index in [9.17, 15) is 0 Å². The summed E-state index contributed by atoms with van der Waals surface area (Å²) in [5.74, 6) is 0. The van der Waals surface area contributed by atoms with Crippen molar-refractivity contribution in [3.63, 3.8) is 0 Å². The van der Waals surface area contributed by atoms with Crippen molar-refractivity contribution in [1.29, 1.82) is 0 Å². The highest BCUT2D eigenvalue weighted by atomic mass is 15.1. The van der Waals surface area contributed by atoms with Crippen LogP contribution in [-0.4, -0.2) is 9.55 Å². The van der Waals surface area contributed by atoms with Crippen molar-refractivity contribution < 1.29 is 0 Å². The van der Waals surface area contributed by atoms with E-state index in [1.165, 1.54) is 11.1 Å². The predicted molar refractivity (Wildman–Crippen MR) is 70.8 cm³/mol. The quantitative estimate of drug-likeness (QED) is 0.650. The molecule has 0 bridgehead atoms. The van der Waals surface area contributed by atoms with Crippen LogP contribution in [0.15, 0.2) is 24.5 Å². The summed E-state index contributed by atoms with van der Waals surface area (Å²) in [4.78, 5) is 4.39. The van der Waals surface area contributed by atoms with E-state index >= 15 is 0 Å². The van der Waals surface area contributed by atoms with E-state index in [0.717, 1.165) is 5.52 Å². The molecule has 1 aromatic heterocycles. The van der Waals surface area contributed by atoms with Crippen LogP contribution in [0.25, 0.3) is 11.0 Å². The highest BCUT2D eigenvalue weighted by Crippen LogP contribution is 2.22. The van der Waals surface area contributed by atoms with Crippen LogP contribution in [0.2, 0.25) is 0 Å². The lowest BCUT2D eigenvalue weighted by molar-refractivity contribution is 0.408. The van der Waals surface area contributed by atoms with Crippen molar-refractivity contribution >= 4 is 11.0 Å². The van der Waals surface area contributed by atoms with Gasteiger partial charge in [0.2, 0.25) is 0 Å². The van der Waals surface area contributed by atoms with Crippen molar-refractivity contribution in [3.05, 3.63) is 30.1 Å². The molecule has 0 saturated carbocycles. The van der Waals surface area contributed by atoms with Crippen molar-refractivity contribution in [2.24, 2.45) is 0 Å². The zero-order valence-corrected chi connectivity index (χ0v) is 11.2. The Balaban J connectivity index is 0.000000606. The van der Waals surface area contributed by atoms with Crippen LogP contribution in [-0.2, 0) is 5.54 Å². The lowest BCUT2D eigenvalue weighted by atomic mass is 10.1. The second-order valence-electron chi connectivity index (χ2n) is 4.78. The molecule has 0 atom stereocenters. The summed E-state index contributed by atoms with van der Waals surface area (Å²) in [6.45, 7) is 12.7. The molecule has 1 heterocycles. The van der Waals surface area contributed by atoms with Crippen LogP contribution in [0.3, 0.4) is 0 Å². The van der Waals surface area contributed by atoms with E-state index in [-0.39, 0.29) is 5.54 Å². The molecule has 88 valence electrons. The molecule has 2 nitrogen and oxygen atoms in total. The minimum Gasteiger partial charge on any atom is -0.325 e. The average molecular weight is 218 g/mol. The zero-order valence-electron chi connectivity index (χ0n) is 11.2. The molecule has 0 saturated heterocycles. The smallest absolute Gasteiger partial charge is 0.0963 e. The summed E-state index contributed by atoms with van der Waals surface area (Å²) in [5.41, 5.74) is 3.68. The third-order valence-electron chi connectivity index (χ3n) is 2.43. The van der Waals surface area contributed by atoms with Crippen LogP contribution in [0.4, 0.5) is 0 Å². The average Bonchev–Trinajstić information content (AvgIpc) is 2.63. The molecular weight excluding hydrogens is 196 g/mol. The van der Waals surface area contributed by atoms with E-state index in [4.69, 9.17) is 0 Å². The Morgan fingerprint density at radius 3 is 2.31 bits per heavy atom. The minimum atomic E-state index is 0.0997. The Morgan fingerprint density at radius 1 is 1.12 bits per heavy atom. The number of aromatic nitrogens is 2. The van der Waals surface area contributed by atoms with Crippen LogP contribution in [0, 0.1) is 6.92 Å². The maximum absolute atomic E-state index is 4.39. The normalized spacial score (nSPS) is 11.1. The molecule has 0 fully saturated rings. The summed E-state index contributed by atoms with van der Waals surface area (Å²) < 4.78 is 2.22. The molecule has 2 aromatic rings. The van der Waals surface area contributed by atoms with Gasteiger partial charge in [-0.3, -0.25) is 0 Å². The molecule has 0 unspecified atom stereocenters. The Morgan fingerprint density at radius 2 is 1.75 bits per heavy atom. The summed E-state index contributed by atoms with van der Waals surface area (Å²) >= 11 is 0. The molecule has 0 aliphatic carbocycles. The van der Waals surface area contributed by atoms with E-state index in [1.807, 2.05) is 20.2 Å². The van der Waals surface area contributed by atoms with E-state index < -0.39 is 0 Å². The van der Waals surface area contributed by atoms with E-state index in [1.54, 1.807) is 0 Å². The van der Waals surface area contributed by atoms with Crippen molar-refractivity contribution in [1.82, 2.24) is 9.55 Å². The Kier molecular flexibility index (Phi) is 3.74. The Hall–Kier alpha value is -1.31. The van der Waals surface area contributed by atoms with Crippen LogP contribution in [0.5, 0.6) is 0 Å². The number of benzene rings is 1. The molecular formula is C14H22N2. The number of aryl methyl sites for hydroxylation is 1. The fraction of sp³-hybridized carbons (Fsp3) is 0.500. The van der Waals surface area contributed by atoms with Gasteiger partial charge in [-0.05, 0) is 45.4 Å². The number of nitrogens with zero attached hydrogens (tertiary/aromatic N) is 2. The van der Waals surface area contributed by atoms with E-state index in [2.05, 4.69) is 55.4 Å². The second-order valence-corrected chi connectivity index (χ2v) is 4.78. The number of hydrogen-bond acceptors (Lipinski definition) is 1. The highest BCUT2D eigenvalue weighted by molar-refractivity contribution is 5.76. The molecule has 0 aliphatic rings. The monoisotopic (exact) mass is 218 g/mol. The topological polar surface area (TPSA) is 17.8 Å². The van der Waals surface area contributed by atoms with Gasteiger partial charge >= 0.3 is 0 Å². The fourth-order valence-corrected chi connectivity index (χ4v) is 1.65. The van der Waals surface area contributed by atoms with Gasteiger partial charge < -0.3 is 4.57 Å². The molecule has 2 rings (SSSR count). The number of fused-ring (bicyclic) bond motifs is 1. The first-order chi connectivity index (χ1) is 7.48. The molecule has 2 heteroatoms. The largest absolute Gasteiger partial charge is 0.325 e. The Labute approximate surface area is 98.3 Å². The third-order valence-corrected chi connectivity index (χ3v) is 2.43. The van der Waals surface area contributed by atoms with Crippen molar-refractivity contribution in [2.75, 3.05) is 0 Å². The van der Waals surface area contributed by atoms with Crippen molar-refractivity contribution in [3.8, 4) is 0 Å².